The monoisotopic (exact) mass is 1500 g/mol. The number of carboxylic acids is 3. The minimum Gasteiger partial charge on any atom is -0.480 e. The zero-order valence-corrected chi connectivity index (χ0v) is 59.7. The van der Waals surface area contributed by atoms with Crippen LogP contribution in [0.2, 0.25) is 0 Å². The summed E-state index contributed by atoms with van der Waals surface area (Å²) in [5.41, 5.74) is 10.0. The van der Waals surface area contributed by atoms with Crippen LogP contribution in [0.25, 0.3) is 0 Å². The molecule has 0 aliphatic carbocycles. The summed E-state index contributed by atoms with van der Waals surface area (Å²) in [5.74, 6) is -2.60. The van der Waals surface area contributed by atoms with Crippen LogP contribution in [0.15, 0.2) is 0 Å². The summed E-state index contributed by atoms with van der Waals surface area (Å²) < 4.78 is 10.5. The van der Waals surface area contributed by atoms with E-state index in [0.29, 0.717) is 131 Å². The molecule has 0 radical (unpaired) electrons. The van der Waals surface area contributed by atoms with Gasteiger partial charge < -0.3 is 71.7 Å². The number of Topliss-reactive ketones (excluding diaryl/α,β-unsaturated/α-hetero) is 3. The van der Waals surface area contributed by atoms with Crippen molar-refractivity contribution >= 4 is 69.0 Å². The molecule has 0 aromatic rings. The van der Waals surface area contributed by atoms with Crippen molar-refractivity contribution in [3.8, 4) is 0 Å². The molecule has 3 heterocycles. The molecule has 0 spiro atoms. The van der Waals surface area contributed by atoms with E-state index in [9.17, 15) is 43.2 Å². The molecule has 11 N–H and O–H groups in total. The van der Waals surface area contributed by atoms with Gasteiger partial charge in [0.05, 0.1) is 39.3 Å². The summed E-state index contributed by atoms with van der Waals surface area (Å²) in [4.78, 5) is 118. The first-order chi connectivity index (χ1) is 42.1. The Morgan fingerprint density at radius 2 is 0.778 bits per heavy atom. The van der Waals surface area contributed by atoms with Gasteiger partial charge in [0.2, 0.25) is 11.8 Å². The maximum atomic E-state index is 12.5. The van der Waals surface area contributed by atoms with Crippen LogP contribution in [0.5, 0.6) is 0 Å². The Morgan fingerprint density at radius 3 is 1.03 bits per heavy atom. The number of aliphatic hydroxyl groups is 2. The van der Waals surface area contributed by atoms with Crippen LogP contribution in [0.3, 0.4) is 0 Å². The van der Waals surface area contributed by atoms with Gasteiger partial charge in [0.1, 0.15) is 23.0 Å². The second-order valence-electron chi connectivity index (χ2n) is 23.1. The molecule has 0 aromatic carbocycles. The van der Waals surface area contributed by atoms with E-state index < -0.39 is 23.5 Å². The molecule has 0 atom stereocenters. The van der Waals surface area contributed by atoms with Crippen LogP contribution < -0.4 is 22.1 Å². The number of esters is 1. The number of alkyl halides is 1. The summed E-state index contributed by atoms with van der Waals surface area (Å²) in [7, 11) is 0. The zero-order valence-electron chi connectivity index (χ0n) is 55.9. The van der Waals surface area contributed by atoms with E-state index in [2.05, 4.69) is 51.1 Å². The average molecular weight is 1500 g/mol. The van der Waals surface area contributed by atoms with Crippen molar-refractivity contribution in [3.63, 3.8) is 0 Å². The Kier molecular flexibility index (Phi) is 64.7. The molecule has 0 bridgehead atoms. The van der Waals surface area contributed by atoms with E-state index in [-0.39, 0.29) is 114 Å². The van der Waals surface area contributed by atoms with Gasteiger partial charge in [-0.05, 0) is 119 Å². The maximum Gasteiger partial charge on any atom is 0.320 e. The minimum absolute atomic E-state index is 0. The van der Waals surface area contributed by atoms with Gasteiger partial charge in [-0.1, -0.05) is 15.9 Å². The first-order valence-electron chi connectivity index (χ1n) is 31.5. The number of aliphatic carboxylic acids is 3. The first kappa shape index (κ1) is 93.5. The number of halogens is 1. The number of hydrogen-bond donors (Lipinski definition) is 9. The van der Waals surface area contributed by atoms with Crippen LogP contribution in [-0.2, 0) is 52.6 Å². The van der Waals surface area contributed by atoms with E-state index in [1.807, 2.05) is 30.6 Å². The molecule has 3 fully saturated rings. The summed E-state index contributed by atoms with van der Waals surface area (Å²) in [5, 5.41) is 49.8. The summed E-state index contributed by atoms with van der Waals surface area (Å²) >= 11 is 3.25. The molecule has 0 aromatic heterocycles. The number of nitrogens with two attached hydrogens (primary N) is 2. The Hall–Kier alpha value is -2.89. The fraction of sp³-hybridized carbons (Fsp3) is 0.850. The third-order valence-electron chi connectivity index (χ3n) is 13.1. The van der Waals surface area contributed by atoms with Crippen molar-refractivity contribution in [3.05, 3.63) is 0 Å². The topological polar surface area (TPSA) is 375 Å². The van der Waals surface area contributed by atoms with Crippen molar-refractivity contribution in [2.75, 3.05) is 215 Å². The van der Waals surface area contributed by atoms with Crippen molar-refractivity contribution in [1.29, 1.82) is 0 Å². The number of ether oxygens (including phenoxy) is 2. The Labute approximate surface area is 578 Å². The standard InChI is InChI=1S/C26H48N4O5.C17H33N5O6.C5H10BrNO.C5H11NO2.C4H8O.C3H9NO.Gd/c1-22(31)9-7-8-10-27-11-13-28(19-23(2)32)15-16-29(20-24(3)33)17-18-30(14-12-27)21-25(34)35-26(4,5)6;18-2-1-3-19-4-6-20(12-15(23)24)8-10-22(14-17(27)28)11-9-21(7-5-19)13-16(25)26;1-5(8)7-4-2-3-6;1-5(8)6-3-2-4-7;1-2-4-5-3-1;4-2-1-3-5;/h7-21H2,1-6H3;1-14,18H2,(H,23,24)(H,25,26)(H,27,28);2-4H2,1H3,(H,7,8);7H,2-4H2,1H3,(H,6,8);1-4H2;5H,1-4H2;. The molecule has 3 aliphatic rings. The van der Waals surface area contributed by atoms with Crippen LogP contribution in [0.1, 0.15) is 113 Å². The molecule has 0 saturated carbocycles. The number of carboxylic acid groups (broad SMARTS) is 3. The number of unbranched alkanes of at least 4 members (excludes halogenated alkanes) is 1. The SMILES string of the molecule is C1CCOC1.CC(=O)CCCCN1CCN(CC(C)=O)CCN(CC(C)=O)CCN(CC(=O)OC(C)(C)C)CC1.CC(=O)NCCCBr.CC(=O)NCCCO.NCCCN1CCN(CC(=O)O)CCN(CC(=O)O)CCN(CC(=O)O)CC1.NCCCO.[Gd]. The number of amides is 2. The number of aliphatic hydroxyl groups excluding tert-OH is 2. The minimum atomic E-state index is -0.963. The van der Waals surface area contributed by atoms with Gasteiger partial charge in [0, 0.05) is 210 Å². The summed E-state index contributed by atoms with van der Waals surface area (Å²) in [6.07, 6.45) is 8.12. The average Bonchev–Trinajstić information content (AvgIpc) is 4.19. The van der Waals surface area contributed by atoms with Crippen LogP contribution in [0.4, 0.5) is 0 Å². The molecule has 90 heavy (non-hydrogen) atoms. The molecule has 530 valence electrons. The molecule has 3 rings (SSSR count). The quantitative estimate of drug-likeness (QED) is 0.0279. The number of hydrogen-bond acceptors (Lipinski definition) is 23. The molecule has 3 saturated heterocycles. The van der Waals surface area contributed by atoms with Gasteiger partial charge in [-0.15, -0.1) is 0 Å². The zero-order chi connectivity index (χ0) is 67.8. The number of ketones is 3. The van der Waals surface area contributed by atoms with Crippen molar-refractivity contribution < 1.29 is 118 Å². The molecule has 28 nitrogen and oxygen atoms in total. The van der Waals surface area contributed by atoms with Gasteiger partial charge in [0.25, 0.3) is 0 Å². The Bertz CT molecular complexity index is 1840. The maximum absolute atomic E-state index is 12.5. The van der Waals surface area contributed by atoms with Crippen LogP contribution in [0, 0.1) is 39.9 Å². The van der Waals surface area contributed by atoms with E-state index >= 15 is 0 Å². The van der Waals surface area contributed by atoms with Gasteiger partial charge in [-0.2, -0.15) is 0 Å². The van der Waals surface area contributed by atoms with Crippen LogP contribution in [-0.4, -0.2) is 338 Å². The fourth-order valence-electron chi connectivity index (χ4n) is 8.61. The molecular weight excluding hydrogens is 1380 g/mol. The molecular formula is C60H119BrGdN12O16. The summed E-state index contributed by atoms with van der Waals surface area (Å²) in [6.45, 7) is 30.3. The Morgan fingerprint density at radius 1 is 0.456 bits per heavy atom. The third-order valence-corrected chi connectivity index (χ3v) is 13.7. The molecule has 0 unspecified atom stereocenters. The smallest absolute Gasteiger partial charge is 0.320 e. The number of carbonyl (C=O) groups excluding carboxylic acids is 6. The molecule has 2 amide bonds. The van der Waals surface area contributed by atoms with Crippen LogP contribution >= 0.6 is 15.9 Å². The van der Waals surface area contributed by atoms with Gasteiger partial charge in [0.15, 0.2) is 0 Å². The number of nitrogens with one attached hydrogen (secondary N) is 2. The predicted molar refractivity (Wildman–Crippen MR) is 348 cm³/mol. The van der Waals surface area contributed by atoms with Gasteiger partial charge in [-0.3, -0.25) is 67.8 Å². The molecule has 3 aliphatic heterocycles. The van der Waals surface area contributed by atoms with E-state index in [1.165, 1.54) is 26.7 Å². The fourth-order valence-corrected chi connectivity index (χ4v) is 8.89. The van der Waals surface area contributed by atoms with E-state index in [4.69, 9.17) is 46.5 Å². The van der Waals surface area contributed by atoms with Gasteiger partial charge in [-0.25, -0.2) is 0 Å². The van der Waals surface area contributed by atoms with Crippen molar-refractivity contribution in [2.45, 2.75) is 119 Å². The first-order valence-corrected chi connectivity index (χ1v) is 32.6. The molecule has 30 heteroatoms. The largest absolute Gasteiger partial charge is 0.480 e. The second kappa shape index (κ2) is 62.2. The summed E-state index contributed by atoms with van der Waals surface area (Å²) in [6, 6.07) is 0. The van der Waals surface area contributed by atoms with E-state index in [0.717, 1.165) is 89.9 Å². The van der Waals surface area contributed by atoms with E-state index in [1.54, 1.807) is 25.7 Å². The van der Waals surface area contributed by atoms with Crippen molar-refractivity contribution in [2.24, 2.45) is 11.5 Å². The number of rotatable bonds is 28. The van der Waals surface area contributed by atoms with Crippen molar-refractivity contribution in [1.82, 2.24) is 49.8 Å². The van der Waals surface area contributed by atoms with Gasteiger partial charge >= 0.3 is 23.9 Å². The number of carbonyl (C=O) groups is 9. The third kappa shape index (κ3) is 68.0. The predicted octanol–water partition coefficient (Wildman–Crippen LogP) is -0.166. The Balaban J connectivity index is -0.000000587. The second-order valence-corrected chi connectivity index (χ2v) is 23.9. The number of nitrogens with zero attached hydrogens (tertiary/aromatic N) is 8. The normalized spacial score (nSPS) is 16.6.